The van der Waals surface area contributed by atoms with Gasteiger partial charge in [0.15, 0.2) is 0 Å². The molecule has 1 atom stereocenters. The Morgan fingerprint density at radius 2 is 1.56 bits per heavy atom. The first-order valence-electron chi connectivity index (χ1n) is 7.47. The van der Waals surface area contributed by atoms with Crippen LogP contribution in [0.3, 0.4) is 0 Å². The molecular weight excluding hydrogens is 228 g/mol. The molecule has 2 N–H and O–H groups in total. The highest BCUT2D eigenvalue weighted by atomic mass is 16.3. The molecule has 0 bridgehead atoms. The van der Waals surface area contributed by atoms with Gasteiger partial charge in [0.2, 0.25) is 0 Å². The van der Waals surface area contributed by atoms with Crippen LogP contribution in [0.25, 0.3) is 0 Å². The number of aliphatic hydroxyl groups is 2. The van der Waals surface area contributed by atoms with E-state index in [1.54, 1.807) is 0 Å². The van der Waals surface area contributed by atoms with Gasteiger partial charge in [0, 0.05) is 38.2 Å². The second-order valence-electron chi connectivity index (χ2n) is 5.98. The third-order valence-electron chi connectivity index (χ3n) is 4.96. The van der Waals surface area contributed by atoms with Gasteiger partial charge in [0.25, 0.3) is 0 Å². The van der Waals surface area contributed by atoms with Crippen molar-refractivity contribution < 1.29 is 10.2 Å². The predicted molar refractivity (Wildman–Crippen MR) is 72.0 cm³/mol. The lowest BCUT2D eigenvalue weighted by molar-refractivity contribution is -0.106. The molecule has 4 heteroatoms. The zero-order valence-electron chi connectivity index (χ0n) is 11.6. The first kappa shape index (κ1) is 14.3. The zero-order chi connectivity index (χ0) is 13.0. The standard InChI is InChI=1S/C14H28N2O2/c1-13(18)14(7-12-17)5-10-16(11-6-14)15-8-3-2-4-9-15/h13,17-18H,2-12H2,1H3. The number of hydrazine groups is 1. The van der Waals surface area contributed by atoms with Gasteiger partial charge >= 0.3 is 0 Å². The molecule has 0 saturated carbocycles. The molecular formula is C14H28N2O2. The fourth-order valence-electron chi connectivity index (χ4n) is 3.48. The van der Waals surface area contributed by atoms with E-state index in [0.29, 0.717) is 0 Å². The van der Waals surface area contributed by atoms with E-state index in [9.17, 15) is 10.2 Å². The summed E-state index contributed by atoms with van der Waals surface area (Å²) in [6.45, 7) is 6.53. The SMILES string of the molecule is CC(O)C1(CCO)CCN(N2CCCCC2)CC1. The largest absolute Gasteiger partial charge is 0.396 e. The van der Waals surface area contributed by atoms with Crippen molar-refractivity contribution in [2.24, 2.45) is 5.41 Å². The average Bonchev–Trinajstić information content (AvgIpc) is 2.41. The summed E-state index contributed by atoms with van der Waals surface area (Å²) < 4.78 is 0. The summed E-state index contributed by atoms with van der Waals surface area (Å²) in [5.74, 6) is 0. The molecule has 0 amide bonds. The fraction of sp³-hybridized carbons (Fsp3) is 1.00. The molecule has 1 unspecified atom stereocenters. The van der Waals surface area contributed by atoms with E-state index in [2.05, 4.69) is 10.0 Å². The third kappa shape index (κ3) is 3.05. The molecule has 106 valence electrons. The minimum absolute atomic E-state index is 0.0545. The Bertz CT molecular complexity index is 244. The maximum atomic E-state index is 10.0. The maximum Gasteiger partial charge on any atom is 0.0570 e. The van der Waals surface area contributed by atoms with Crippen LogP contribution >= 0.6 is 0 Å². The van der Waals surface area contributed by atoms with Crippen molar-refractivity contribution in [1.82, 2.24) is 10.0 Å². The molecule has 4 nitrogen and oxygen atoms in total. The van der Waals surface area contributed by atoms with Gasteiger partial charge in [0.05, 0.1) is 6.10 Å². The highest BCUT2D eigenvalue weighted by Crippen LogP contribution is 2.38. The first-order chi connectivity index (χ1) is 8.68. The molecule has 0 spiro atoms. The molecule has 2 saturated heterocycles. The van der Waals surface area contributed by atoms with Gasteiger partial charge in [-0.3, -0.25) is 0 Å². The number of piperidine rings is 2. The average molecular weight is 256 g/mol. The Labute approximate surface area is 111 Å². The van der Waals surface area contributed by atoms with Crippen LogP contribution in [-0.4, -0.2) is 59.1 Å². The molecule has 0 aromatic carbocycles. The van der Waals surface area contributed by atoms with Gasteiger partial charge in [-0.05, 0) is 39.0 Å². The van der Waals surface area contributed by atoms with Gasteiger partial charge in [-0.1, -0.05) is 6.42 Å². The molecule has 0 aromatic heterocycles. The Kier molecular flexibility index (Phi) is 5.01. The van der Waals surface area contributed by atoms with Crippen LogP contribution in [-0.2, 0) is 0 Å². The van der Waals surface area contributed by atoms with Crippen molar-refractivity contribution in [1.29, 1.82) is 0 Å². The van der Waals surface area contributed by atoms with Crippen LogP contribution in [0.4, 0.5) is 0 Å². The minimum atomic E-state index is -0.312. The summed E-state index contributed by atoms with van der Waals surface area (Å²) in [6.07, 6.45) is 6.42. The van der Waals surface area contributed by atoms with E-state index in [-0.39, 0.29) is 18.1 Å². The summed E-state index contributed by atoms with van der Waals surface area (Å²) in [4.78, 5) is 0. The Morgan fingerprint density at radius 3 is 2.06 bits per heavy atom. The molecule has 2 heterocycles. The van der Waals surface area contributed by atoms with E-state index < -0.39 is 0 Å². The Hall–Kier alpha value is -0.160. The van der Waals surface area contributed by atoms with E-state index in [4.69, 9.17) is 0 Å². The summed E-state index contributed by atoms with van der Waals surface area (Å²) >= 11 is 0. The van der Waals surface area contributed by atoms with Crippen LogP contribution < -0.4 is 0 Å². The number of rotatable bonds is 4. The van der Waals surface area contributed by atoms with Crippen LogP contribution in [0.5, 0.6) is 0 Å². The smallest absolute Gasteiger partial charge is 0.0570 e. The fourth-order valence-corrected chi connectivity index (χ4v) is 3.48. The second kappa shape index (κ2) is 6.33. The minimum Gasteiger partial charge on any atom is -0.396 e. The van der Waals surface area contributed by atoms with Crippen molar-refractivity contribution in [3.05, 3.63) is 0 Å². The van der Waals surface area contributed by atoms with Crippen LogP contribution in [0.2, 0.25) is 0 Å². The zero-order valence-corrected chi connectivity index (χ0v) is 11.6. The van der Waals surface area contributed by atoms with E-state index in [0.717, 1.165) is 32.4 Å². The summed E-state index contributed by atoms with van der Waals surface area (Å²) in [6, 6.07) is 0. The molecule has 2 fully saturated rings. The highest BCUT2D eigenvalue weighted by molar-refractivity contribution is 4.89. The van der Waals surface area contributed by atoms with Gasteiger partial charge < -0.3 is 10.2 Å². The van der Waals surface area contributed by atoms with E-state index in [1.807, 2.05) is 6.92 Å². The normalized spacial score (nSPS) is 28.2. The topological polar surface area (TPSA) is 46.9 Å². The van der Waals surface area contributed by atoms with E-state index >= 15 is 0 Å². The summed E-state index contributed by atoms with van der Waals surface area (Å²) in [5, 5.41) is 24.2. The van der Waals surface area contributed by atoms with Crippen molar-refractivity contribution in [2.45, 2.75) is 51.6 Å². The molecule has 18 heavy (non-hydrogen) atoms. The number of nitrogens with zero attached hydrogens (tertiary/aromatic N) is 2. The summed E-state index contributed by atoms with van der Waals surface area (Å²) in [7, 11) is 0. The Morgan fingerprint density at radius 1 is 1.00 bits per heavy atom. The van der Waals surface area contributed by atoms with Gasteiger partial charge in [0.1, 0.15) is 0 Å². The lowest BCUT2D eigenvalue weighted by Crippen LogP contribution is -2.53. The summed E-state index contributed by atoms with van der Waals surface area (Å²) in [5.41, 5.74) is -0.0545. The second-order valence-corrected chi connectivity index (χ2v) is 5.98. The molecule has 0 aromatic rings. The van der Waals surface area contributed by atoms with Gasteiger partial charge in [-0.25, -0.2) is 10.0 Å². The van der Waals surface area contributed by atoms with E-state index in [1.165, 1.54) is 32.4 Å². The van der Waals surface area contributed by atoms with Crippen molar-refractivity contribution in [3.63, 3.8) is 0 Å². The monoisotopic (exact) mass is 256 g/mol. The number of hydrogen-bond donors (Lipinski definition) is 2. The van der Waals surface area contributed by atoms with Crippen LogP contribution in [0.15, 0.2) is 0 Å². The molecule has 2 aliphatic heterocycles. The van der Waals surface area contributed by atoms with Gasteiger partial charge in [-0.2, -0.15) is 0 Å². The number of aliphatic hydroxyl groups excluding tert-OH is 2. The van der Waals surface area contributed by atoms with Gasteiger partial charge in [-0.15, -0.1) is 0 Å². The van der Waals surface area contributed by atoms with Crippen LogP contribution in [0, 0.1) is 5.41 Å². The highest BCUT2D eigenvalue weighted by Gasteiger charge is 2.39. The van der Waals surface area contributed by atoms with Crippen molar-refractivity contribution >= 4 is 0 Å². The van der Waals surface area contributed by atoms with Crippen LogP contribution in [0.1, 0.15) is 45.4 Å². The van der Waals surface area contributed by atoms with Crippen molar-refractivity contribution in [3.8, 4) is 0 Å². The maximum absolute atomic E-state index is 10.0. The molecule has 2 aliphatic rings. The Balaban J connectivity index is 1.89. The van der Waals surface area contributed by atoms with Crippen molar-refractivity contribution in [2.75, 3.05) is 32.8 Å². The lowest BCUT2D eigenvalue weighted by Gasteiger charge is -2.47. The first-order valence-corrected chi connectivity index (χ1v) is 7.47. The molecule has 0 aliphatic carbocycles. The predicted octanol–water partition coefficient (Wildman–Crippen LogP) is 1.23. The lowest BCUT2D eigenvalue weighted by atomic mass is 9.72. The third-order valence-corrected chi connectivity index (χ3v) is 4.96. The quantitative estimate of drug-likeness (QED) is 0.794. The molecule has 2 rings (SSSR count). The molecule has 0 radical (unpaired) electrons. The number of hydrogen-bond acceptors (Lipinski definition) is 4.